The van der Waals surface area contributed by atoms with Gasteiger partial charge in [0.15, 0.2) is 0 Å². The standard InChI is InChI=1S/C22H21NO2S/c1-22(2,3)25-21(24)18-12-7-13-19(26-17-11-8-14-23-15-17)20(18)16-9-5-4-6-10-16/h4-15H,1-3H3. The molecule has 1 heterocycles. The SMILES string of the molecule is CC(C)(C)OC(=O)c1cccc(Sc2cccnc2)c1-c1ccccc1. The summed E-state index contributed by atoms with van der Waals surface area (Å²) < 4.78 is 5.63. The summed E-state index contributed by atoms with van der Waals surface area (Å²) in [5.41, 5.74) is 1.90. The molecule has 0 amide bonds. The summed E-state index contributed by atoms with van der Waals surface area (Å²) in [7, 11) is 0. The minimum absolute atomic E-state index is 0.315. The molecule has 3 nitrogen and oxygen atoms in total. The summed E-state index contributed by atoms with van der Waals surface area (Å²) in [6, 6.07) is 19.6. The van der Waals surface area contributed by atoms with E-state index in [2.05, 4.69) is 4.98 Å². The molecular weight excluding hydrogens is 342 g/mol. The van der Waals surface area contributed by atoms with Crippen LogP contribution in [0.15, 0.2) is 82.8 Å². The first-order valence-corrected chi connectivity index (χ1v) is 9.25. The van der Waals surface area contributed by atoms with Crippen molar-refractivity contribution in [1.29, 1.82) is 0 Å². The van der Waals surface area contributed by atoms with Crippen molar-refractivity contribution in [3.63, 3.8) is 0 Å². The van der Waals surface area contributed by atoms with Crippen molar-refractivity contribution in [3.8, 4) is 11.1 Å². The first-order chi connectivity index (χ1) is 12.4. The maximum absolute atomic E-state index is 12.8. The second kappa shape index (κ2) is 7.75. The maximum atomic E-state index is 12.8. The summed E-state index contributed by atoms with van der Waals surface area (Å²) in [4.78, 5) is 19.0. The van der Waals surface area contributed by atoms with Gasteiger partial charge in [-0.05, 0) is 50.6 Å². The zero-order valence-electron chi connectivity index (χ0n) is 15.1. The van der Waals surface area contributed by atoms with Crippen LogP contribution in [0, 0.1) is 0 Å². The molecule has 132 valence electrons. The number of rotatable bonds is 4. The molecule has 2 aromatic carbocycles. The number of carbonyl (C=O) groups excluding carboxylic acids is 1. The van der Waals surface area contributed by atoms with Crippen molar-refractivity contribution in [3.05, 3.63) is 78.6 Å². The van der Waals surface area contributed by atoms with Crippen LogP contribution in [0.25, 0.3) is 11.1 Å². The Kier molecular flexibility index (Phi) is 5.43. The average Bonchev–Trinajstić information content (AvgIpc) is 2.62. The van der Waals surface area contributed by atoms with Gasteiger partial charge in [-0.3, -0.25) is 4.98 Å². The molecule has 26 heavy (non-hydrogen) atoms. The Labute approximate surface area is 158 Å². The van der Waals surface area contributed by atoms with Crippen LogP contribution in [0.5, 0.6) is 0 Å². The van der Waals surface area contributed by atoms with Crippen LogP contribution in [-0.2, 0) is 4.74 Å². The van der Waals surface area contributed by atoms with Crippen LogP contribution in [0.2, 0.25) is 0 Å². The molecule has 0 atom stereocenters. The average molecular weight is 363 g/mol. The molecule has 0 saturated carbocycles. The Morgan fingerprint density at radius 3 is 2.38 bits per heavy atom. The van der Waals surface area contributed by atoms with E-state index in [1.807, 2.05) is 87.6 Å². The number of aromatic nitrogens is 1. The molecule has 0 fully saturated rings. The number of ether oxygens (including phenoxy) is 1. The number of pyridine rings is 1. The van der Waals surface area contributed by atoms with Crippen molar-refractivity contribution in [2.24, 2.45) is 0 Å². The fourth-order valence-corrected chi connectivity index (χ4v) is 3.55. The highest BCUT2D eigenvalue weighted by Gasteiger charge is 2.23. The lowest BCUT2D eigenvalue weighted by Gasteiger charge is -2.21. The minimum atomic E-state index is -0.544. The predicted octanol–water partition coefficient (Wildman–Crippen LogP) is 5.86. The summed E-state index contributed by atoms with van der Waals surface area (Å²) in [5, 5.41) is 0. The van der Waals surface area contributed by atoms with Crippen molar-refractivity contribution in [2.45, 2.75) is 36.2 Å². The fourth-order valence-electron chi connectivity index (χ4n) is 2.56. The number of hydrogen-bond donors (Lipinski definition) is 0. The molecule has 4 heteroatoms. The first-order valence-electron chi connectivity index (χ1n) is 8.44. The smallest absolute Gasteiger partial charge is 0.339 e. The molecule has 0 aliphatic rings. The molecule has 0 radical (unpaired) electrons. The van der Waals surface area contributed by atoms with Crippen LogP contribution in [0.1, 0.15) is 31.1 Å². The van der Waals surface area contributed by atoms with Crippen LogP contribution in [0.4, 0.5) is 0 Å². The first kappa shape index (κ1) is 18.2. The van der Waals surface area contributed by atoms with Crippen LogP contribution in [-0.4, -0.2) is 16.6 Å². The van der Waals surface area contributed by atoms with E-state index in [9.17, 15) is 4.79 Å². The topological polar surface area (TPSA) is 39.2 Å². The quantitative estimate of drug-likeness (QED) is 0.545. The van der Waals surface area contributed by atoms with Gasteiger partial charge in [0.2, 0.25) is 0 Å². The van der Waals surface area contributed by atoms with Crippen LogP contribution in [0.3, 0.4) is 0 Å². The number of carbonyl (C=O) groups is 1. The van der Waals surface area contributed by atoms with Crippen molar-refractivity contribution in [1.82, 2.24) is 4.98 Å². The summed E-state index contributed by atoms with van der Waals surface area (Å²) in [6.07, 6.45) is 3.57. The van der Waals surface area contributed by atoms with Gasteiger partial charge in [0.05, 0.1) is 5.56 Å². The van der Waals surface area contributed by atoms with E-state index in [-0.39, 0.29) is 5.97 Å². The van der Waals surface area contributed by atoms with E-state index in [1.165, 1.54) is 0 Å². The van der Waals surface area contributed by atoms with Gasteiger partial charge in [0.1, 0.15) is 5.60 Å². The second-order valence-corrected chi connectivity index (χ2v) is 7.95. The van der Waals surface area contributed by atoms with E-state index < -0.39 is 5.60 Å². The number of nitrogens with zero attached hydrogens (tertiary/aromatic N) is 1. The maximum Gasteiger partial charge on any atom is 0.339 e. The largest absolute Gasteiger partial charge is 0.456 e. The van der Waals surface area contributed by atoms with Gasteiger partial charge in [0, 0.05) is 27.7 Å². The number of hydrogen-bond acceptors (Lipinski definition) is 4. The predicted molar refractivity (Wildman–Crippen MR) is 105 cm³/mol. The monoisotopic (exact) mass is 363 g/mol. The molecule has 0 aliphatic heterocycles. The van der Waals surface area contributed by atoms with Gasteiger partial charge < -0.3 is 4.74 Å². The van der Waals surface area contributed by atoms with E-state index in [4.69, 9.17) is 4.74 Å². The zero-order chi connectivity index (χ0) is 18.6. The molecule has 3 rings (SSSR count). The summed E-state index contributed by atoms with van der Waals surface area (Å²) in [6.45, 7) is 5.63. The molecule has 0 bridgehead atoms. The number of benzene rings is 2. The lowest BCUT2D eigenvalue weighted by Crippen LogP contribution is -2.24. The van der Waals surface area contributed by atoms with Gasteiger partial charge in [-0.1, -0.05) is 48.2 Å². The molecule has 0 aliphatic carbocycles. The van der Waals surface area contributed by atoms with Crippen LogP contribution >= 0.6 is 11.8 Å². The fraction of sp³-hybridized carbons (Fsp3) is 0.182. The number of esters is 1. The van der Waals surface area contributed by atoms with Crippen molar-refractivity contribution >= 4 is 17.7 Å². The molecule has 0 spiro atoms. The minimum Gasteiger partial charge on any atom is -0.456 e. The Morgan fingerprint density at radius 1 is 0.962 bits per heavy atom. The Hall–Kier alpha value is -2.59. The third-order valence-corrected chi connectivity index (χ3v) is 4.61. The van der Waals surface area contributed by atoms with Crippen molar-refractivity contribution in [2.75, 3.05) is 0 Å². The highest BCUT2D eigenvalue weighted by molar-refractivity contribution is 7.99. The van der Waals surface area contributed by atoms with Gasteiger partial charge in [-0.2, -0.15) is 0 Å². The Morgan fingerprint density at radius 2 is 1.73 bits per heavy atom. The highest BCUT2D eigenvalue weighted by Crippen LogP contribution is 2.38. The van der Waals surface area contributed by atoms with Crippen LogP contribution < -0.4 is 0 Å². The third kappa shape index (κ3) is 4.52. The lowest BCUT2D eigenvalue weighted by molar-refractivity contribution is 0.00702. The second-order valence-electron chi connectivity index (χ2n) is 6.84. The molecular formula is C22H21NO2S. The lowest BCUT2D eigenvalue weighted by atomic mass is 9.99. The normalized spacial score (nSPS) is 11.2. The molecule has 1 aromatic heterocycles. The van der Waals surface area contributed by atoms with Crippen molar-refractivity contribution < 1.29 is 9.53 Å². The molecule has 3 aromatic rings. The van der Waals surface area contributed by atoms with Gasteiger partial charge >= 0.3 is 5.97 Å². The highest BCUT2D eigenvalue weighted by atomic mass is 32.2. The Bertz CT molecular complexity index is 887. The zero-order valence-corrected chi connectivity index (χ0v) is 15.9. The third-order valence-electron chi connectivity index (χ3n) is 3.57. The van der Waals surface area contributed by atoms with Gasteiger partial charge in [0.25, 0.3) is 0 Å². The van der Waals surface area contributed by atoms with E-state index in [0.29, 0.717) is 5.56 Å². The Balaban J connectivity index is 2.10. The van der Waals surface area contributed by atoms with Gasteiger partial charge in [-0.25, -0.2) is 4.79 Å². The summed E-state index contributed by atoms with van der Waals surface area (Å²) >= 11 is 1.59. The van der Waals surface area contributed by atoms with E-state index >= 15 is 0 Å². The van der Waals surface area contributed by atoms with E-state index in [1.54, 1.807) is 18.0 Å². The summed E-state index contributed by atoms with van der Waals surface area (Å²) in [5.74, 6) is -0.315. The molecule has 0 unspecified atom stereocenters. The van der Waals surface area contributed by atoms with E-state index in [0.717, 1.165) is 20.9 Å². The molecule has 0 N–H and O–H groups in total. The molecule has 0 saturated heterocycles. The van der Waals surface area contributed by atoms with Gasteiger partial charge in [-0.15, -0.1) is 0 Å².